The third kappa shape index (κ3) is 4.18. The molecule has 6 nitrogen and oxygen atoms in total. The maximum atomic E-state index is 5.89. The van der Waals surface area contributed by atoms with Gasteiger partial charge in [0.15, 0.2) is 5.82 Å². The van der Waals surface area contributed by atoms with Crippen LogP contribution in [0.25, 0.3) is 0 Å². The van der Waals surface area contributed by atoms with E-state index in [1.807, 2.05) is 0 Å². The van der Waals surface area contributed by atoms with Crippen molar-refractivity contribution < 1.29 is 9.47 Å². The molecule has 0 fully saturated rings. The third-order valence-corrected chi connectivity index (χ3v) is 1.98. The van der Waals surface area contributed by atoms with Crippen molar-refractivity contribution in [2.24, 2.45) is 5.73 Å². The lowest BCUT2D eigenvalue weighted by Crippen LogP contribution is -2.15. The van der Waals surface area contributed by atoms with Gasteiger partial charge in [-0.15, -0.1) is 0 Å². The first kappa shape index (κ1) is 13.0. The van der Waals surface area contributed by atoms with Gasteiger partial charge < -0.3 is 20.5 Å². The summed E-state index contributed by atoms with van der Waals surface area (Å²) < 4.78 is 10.1. The van der Waals surface area contributed by atoms with E-state index in [1.54, 1.807) is 0 Å². The smallest absolute Gasteiger partial charge is 0.318 e. The topological polar surface area (TPSA) is 82.3 Å². The molecule has 0 aliphatic carbocycles. The lowest BCUT2D eigenvalue weighted by molar-refractivity contribution is 0.151. The number of ether oxygens (including phenoxy) is 2. The largest absolute Gasteiger partial charge is 0.467 e. The zero-order chi connectivity index (χ0) is 11.8. The molecule has 1 aromatic heterocycles. The third-order valence-electron chi connectivity index (χ3n) is 1.71. The molecule has 1 heterocycles. The summed E-state index contributed by atoms with van der Waals surface area (Å²) in [5.41, 5.74) is 5.28. The van der Waals surface area contributed by atoms with Crippen LogP contribution >= 0.6 is 11.6 Å². The van der Waals surface area contributed by atoms with E-state index in [2.05, 4.69) is 15.3 Å². The van der Waals surface area contributed by atoms with Crippen molar-refractivity contribution in [3.8, 4) is 6.01 Å². The predicted octanol–water partition coefficient (Wildman–Crippen LogP) is 0.526. The summed E-state index contributed by atoms with van der Waals surface area (Å²) in [5.74, 6) is 0.532. The number of nitrogens with zero attached hydrogens (tertiary/aromatic N) is 2. The fourth-order valence-corrected chi connectivity index (χ4v) is 1.16. The van der Waals surface area contributed by atoms with E-state index in [-0.39, 0.29) is 6.01 Å². The fourth-order valence-electron chi connectivity index (χ4n) is 1.00. The first-order valence-electron chi connectivity index (χ1n) is 4.86. The van der Waals surface area contributed by atoms with Gasteiger partial charge in [-0.3, -0.25) is 0 Å². The van der Waals surface area contributed by atoms with Crippen LogP contribution in [0.15, 0.2) is 6.20 Å². The Bertz CT molecular complexity index is 324. The van der Waals surface area contributed by atoms with E-state index >= 15 is 0 Å². The van der Waals surface area contributed by atoms with Crippen LogP contribution in [0.1, 0.15) is 0 Å². The standard InChI is InChI=1S/C9H15ClN4O2/c1-15-9-13-6-7(10)8(14-9)12-3-5-16-4-2-11/h6H,2-5,11H2,1H3,(H,12,13,14). The van der Waals surface area contributed by atoms with Crippen molar-refractivity contribution in [1.29, 1.82) is 0 Å². The van der Waals surface area contributed by atoms with Gasteiger partial charge in [-0.05, 0) is 0 Å². The SMILES string of the molecule is COc1ncc(Cl)c(NCCOCCN)n1. The zero-order valence-electron chi connectivity index (χ0n) is 9.07. The number of hydrogen-bond donors (Lipinski definition) is 2. The van der Waals surface area contributed by atoms with Crippen LogP contribution in [0.3, 0.4) is 0 Å². The zero-order valence-corrected chi connectivity index (χ0v) is 9.83. The van der Waals surface area contributed by atoms with Gasteiger partial charge in [0.25, 0.3) is 0 Å². The number of rotatable bonds is 7. The minimum Gasteiger partial charge on any atom is -0.467 e. The lowest BCUT2D eigenvalue weighted by Gasteiger charge is -2.08. The second-order valence-corrected chi connectivity index (χ2v) is 3.29. The van der Waals surface area contributed by atoms with Crippen molar-refractivity contribution in [1.82, 2.24) is 9.97 Å². The molecule has 0 aliphatic heterocycles. The number of nitrogens with one attached hydrogen (secondary N) is 1. The molecule has 1 rings (SSSR count). The summed E-state index contributed by atoms with van der Waals surface area (Å²) >= 11 is 5.89. The number of methoxy groups -OCH3 is 1. The van der Waals surface area contributed by atoms with Gasteiger partial charge >= 0.3 is 6.01 Å². The Morgan fingerprint density at radius 2 is 2.31 bits per heavy atom. The molecule has 0 saturated carbocycles. The van der Waals surface area contributed by atoms with Crippen molar-refractivity contribution in [3.63, 3.8) is 0 Å². The number of hydrogen-bond acceptors (Lipinski definition) is 6. The molecule has 0 radical (unpaired) electrons. The molecule has 7 heteroatoms. The van der Waals surface area contributed by atoms with Gasteiger partial charge in [-0.25, -0.2) is 4.98 Å². The van der Waals surface area contributed by atoms with Crippen molar-refractivity contribution >= 4 is 17.4 Å². The molecule has 0 spiro atoms. The molecule has 0 aromatic carbocycles. The van der Waals surface area contributed by atoms with E-state index < -0.39 is 0 Å². The molecule has 3 N–H and O–H groups in total. The maximum Gasteiger partial charge on any atom is 0.318 e. The van der Waals surface area contributed by atoms with Gasteiger partial charge in [-0.1, -0.05) is 11.6 Å². The Morgan fingerprint density at radius 3 is 3.00 bits per heavy atom. The van der Waals surface area contributed by atoms with Crippen molar-refractivity contribution in [2.75, 3.05) is 38.7 Å². The fraction of sp³-hybridized carbons (Fsp3) is 0.556. The second kappa shape index (κ2) is 7.21. The molecule has 1 aromatic rings. The molecule has 0 amide bonds. The first-order valence-corrected chi connectivity index (χ1v) is 5.24. The van der Waals surface area contributed by atoms with E-state index in [0.717, 1.165) is 0 Å². The monoisotopic (exact) mass is 246 g/mol. The van der Waals surface area contributed by atoms with Gasteiger partial charge in [0.05, 0.1) is 26.5 Å². The maximum absolute atomic E-state index is 5.89. The summed E-state index contributed by atoms with van der Waals surface area (Å²) in [6.45, 7) is 2.20. The summed E-state index contributed by atoms with van der Waals surface area (Å²) in [6.07, 6.45) is 1.48. The van der Waals surface area contributed by atoms with Crippen LogP contribution in [0.5, 0.6) is 6.01 Å². The summed E-state index contributed by atoms with van der Waals surface area (Å²) in [4.78, 5) is 7.91. The van der Waals surface area contributed by atoms with Gasteiger partial charge in [0.1, 0.15) is 5.02 Å². The average molecular weight is 247 g/mol. The van der Waals surface area contributed by atoms with E-state index in [0.29, 0.717) is 37.1 Å². The Kier molecular flexibility index (Phi) is 5.84. The van der Waals surface area contributed by atoms with Crippen molar-refractivity contribution in [3.05, 3.63) is 11.2 Å². The highest BCUT2D eigenvalue weighted by Crippen LogP contribution is 2.19. The highest BCUT2D eigenvalue weighted by atomic mass is 35.5. The van der Waals surface area contributed by atoms with Crippen LogP contribution < -0.4 is 15.8 Å². The summed E-state index contributed by atoms with van der Waals surface area (Å²) in [5, 5.41) is 3.46. The van der Waals surface area contributed by atoms with E-state index in [4.69, 9.17) is 26.8 Å². The average Bonchev–Trinajstić information content (AvgIpc) is 2.31. The molecule has 0 aliphatic rings. The van der Waals surface area contributed by atoms with Crippen LogP contribution in [-0.2, 0) is 4.74 Å². The van der Waals surface area contributed by atoms with E-state index in [1.165, 1.54) is 13.3 Å². The number of aromatic nitrogens is 2. The Labute approximate surface area is 99.1 Å². The van der Waals surface area contributed by atoms with Crippen LogP contribution in [-0.4, -0.2) is 43.4 Å². The number of anilines is 1. The van der Waals surface area contributed by atoms with Crippen LogP contribution in [0.2, 0.25) is 5.02 Å². The highest BCUT2D eigenvalue weighted by molar-refractivity contribution is 6.32. The molecule has 16 heavy (non-hydrogen) atoms. The second-order valence-electron chi connectivity index (χ2n) is 2.88. The molecule has 90 valence electrons. The molecule has 0 atom stereocenters. The molecular weight excluding hydrogens is 232 g/mol. The van der Waals surface area contributed by atoms with Crippen LogP contribution in [0, 0.1) is 0 Å². The van der Waals surface area contributed by atoms with Gasteiger partial charge in [0.2, 0.25) is 0 Å². The van der Waals surface area contributed by atoms with E-state index in [9.17, 15) is 0 Å². The minimum absolute atomic E-state index is 0.273. The molecule has 0 saturated heterocycles. The summed E-state index contributed by atoms with van der Waals surface area (Å²) in [7, 11) is 1.50. The van der Waals surface area contributed by atoms with Gasteiger partial charge in [-0.2, -0.15) is 4.98 Å². The minimum atomic E-state index is 0.273. The highest BCUT2D eigenvalue weighted by Gasteiger charge is 2.04. The lowest BCUT2D eigenvalue weighted by atomic mass is 10.5. The van der Waals surface area contributed by atoms with Gasteiger partial charge in [0, 0.05) is 13.1 Å². The Balaban J connectivity index is 2.40. The molecule has 0 unspecified atom stereocenters. The van der Waals surface area contributed by atoms with Crippen LogP contribution in [0.4, 0.5) is 5.82 Å². The predicted molar refractivity (Wildman–Crippen MR) is 62.0 cm³/mol. The van der Waals surface area contributed by atoms with Crippen molar-refractivity contribution in [2.45, 2.75) is 0 Å². The first-order chi connectivity index (χ1) is 7.77. The normalized spacial score (nSPS) is 10.2. The molecular formula is C9H15ClN4O2. The summed E-state index contributed by atoms with van der Waals surface area (Å²) in [6, 6.07) is 0.273. The molecule has 0 bridgehead atoms. The Morgan fingerprint density at radius 1 is 1.50 bits per heavy atom. The quantitative estimate of drug-likeness (QED) is 0.683. The number of halogens is 1. The Hall–Kier alpha value is -1.11. The number of nitrogens with two attached hydrogens (primary N) is 1.